The molecule has 1 fully saturated rings. The van der Waals surface area contributed by atoms with Crippen molar-refractivity contribution >= 4 is 17.6 Å². The summed E-state index contributed by atoms with van der Waals surface area (Å²) in [4.78, 5) is 25.2. The SMILES string of the molecule is CC1CCCN1CCc1cc(NC(=O)CCC(=O)O)ccc1-c1ccccc1. The zero-order valence-corrected chi connectivity index (χ0v) is 16.4. The Morgan fingerprint density at radius 2 is 1.93 bits per heavy atom. The number of anilines is 1. The lowest BCUT2D eigenvalue weighted by Crippen LogP contribution is -2.29. The number of carboxylic acids is 1. The van der Waals surface area contributed by atoms with Crippen LogP contribution in [0.1, 0.15) is 38.2 Å². The van der Waals surface area contributed by atoms with Gasteiger partial charge in [0.1, 0.15) is 0 Å². The number of nitrogens with one attached hydrogen (secondary N) is 1. The van der Waals surface area contributed by atoms with E-state index in [1.165, 1.54) is 24.0 Å². The molecule has 0 radical (unpaired) electrons. The summed E-state index contributed by atoms with van der Waals surface area (Å²) in [6.07, 6.45) is 3.25. The van der Waals surface area contributed by atoms with E-state index in [1.807, 2.05) is 36.4 Å². The Hall–Kier alpha value is -2.66. The first kappa shape index (κ1) is 20.1. The number of aliphatic carboxylic acids is 1. The van der Waals surface area contributed by atoms with Crippen LogP contribution < -0.4 is 5.32 Å². The Balaban J connectivity index is 1.78. The van der Waals surface area contributed by atoms with Crippen molar-refractivity contribution in [1.82, 2.24) is 4.90 Å². The fraction of sp³-hybridized carbons (Fsp3) is 0.391. The smallest absolute Gasteiger partial charge is 0.303 e. The molecule has 1 saturated heterocycles. The summed E-state index contributed by atoms with van der Waals surface area (Å²) in [6, 6.07) is 16.9. The number of amides is 1. The highest BCUT2D eigenvalue weighted by atomic mass is 16.4. The minimum absolute atomic E-state index is 0.0175. The molecule has 3 rings (SSSR count). The normalized spacial score (nSPS) is 16.8. The number of nitrogens with zero attached hydrogens (tertiary/aromatic N) is 1. The van der Waals surface area contributed by atoms with Crippen molar-refractivity contribution < 1.29 is 14.7 Å². The Bertz CT molecular complexity index is 820. The van der Waals surface area contributed by atoms with Crippen LogP contribution >= 0.6 is 0 Å². The highest BCUT2D eigenvalue weighted by Gasteiger charge is 2.20. The molecule has 2 aromatic carbocycles. The van der Waals surface area contributed by atoms with Gasteiger partial charge in [0.15, 0.2) is 0 Å². The van der Waals surface area contributed by atoms with E-state index in [0.29, 0.717) is 6.04 Å². The van der Waals surface area contributed by atoms with E-state index in [4.69, 9.17) is 5.11 Å². The van der Waals surface area contributed by atoms with Gasteiger partial charge in [-0.25, -0.2) is 0 Å². The number of hydrogen-bond donors (Lipinski definition) is 2. The third-order valence-electron chi connectivity index (χ3n) is 5.40. The average molecular weight is 380 g/mol. The van der Waals surface area contributed by atoms with Crippen LogP contribution in [0.15, 0.2) is 48.5 Å². The number of likely N-dealkylation sites (tertiary alicyclic amines) is 1. The van der Waals surface area contributed by atoms with Gasteiger partial charge in [-0.2, -0.15) is 0 Å². The van der Waals surface area contributed by atoms with Crippen LogP contribution in [0.2, 0.25) is 0 Å². The molecule has 1 heterocycles. The van der Waals surface area contributed by atoms with Gasteiger partial charge in [-0.05, 0) is 61.6 Å². The van der Waals surface area contributed by atoms with Crippen LogP contribution in [-0.2, 0) is 16.0 Å². The maximum atomic E-state index is 12.0. The van der Waals surface area contributed by atoms with E-state index in [1.54, 1.807) is 0 Å². The summed E-state index contributed by atoms with van der Waals surface area (Å²) in [5.41, 5.74) is 4.26. The quantitative estimate of drug-likeness (QED) is 0.721. The van der Waals surface area contributed by atoms with Crippen molar-refractivity contribution in [3.05, 3.63) is 54.1 Å². The maximum absolute atomic E-state index is 12.0. The lowest BCUT2D eigenvalue weighted by molar-refractivity contribution is -0.138. The third kappa shape index (κ3) is 5.42. The molecule has 1 aliphatic rings. The van der Waals surface area contributed by atoms with Crippen LogP contribution in [-0.4, -0.2) is 41.0 Å². The first-order valence-electron chi connectivity index (χ1n) is 9.97. The van der Waals surface area contributed by atoms with Crippen molar-refractivity contribution in [3.63, 3.8) is 0 Å². The van der Waals surface area contributed by atoms with Gasteiger partial charge in [-0.1, -0.05) is 36.4 Å². The van der Waals surface area contributed by atoms with Crippen molar-refractivity contribution in [2.45, 2.75) is 45.1 Å². The summed E-state index contributed by atoms with van der Waals surface area (Å²) in [5, 5.41) is 11.6. The molecule has 2 aromatic rings. The zero-order valence-electron chi connectivity index (χ0n) is 16.4. The van der Waals surface area contributed by atoms with Gasteiger partial charge in [-0.15, -0.1) is 0 Å². The largest absolute Gasteiger partial charge is 0.481 e. The molecule has 1 amide bonds. The number of carbonyl (C=O) groups is 2. The van der Waals surface area contributed by atoms with E-state index in [9.17, 15) is 9.59 Å². The summed E-state index contributed by atoms with van der Waals surface area (Å²) in [5.74, 6) is -1.23. The highest BCUT2D eigenvalue weighted by molar-refractivity contribution is 5.92. The van der Waals surface area contributed by atoms with Gasteiger partial charge in [0.2, 0.25) is 5.91 Å². The van der Waals surface area contributed by atoms with Gasteiger partial charge >= 0.3 is 5.97 Å². The maximum Gasteiger partial charge on any atom is 0.303 e. The zero-order chi connectivity index (χ0) is 19.9. The summed E-state index contributed by atoms with van der Waals surface area (Å²) >= 11 is 0. The summed E-state index contributed by atoms with van der Waals surface area (Å²) in [7, 11) is 0. The van der Waals surface area contributed by atoms with Gasteiger partial charge in [-0.3, -0.25) is 9.59 Å². The molecule has 0 bridgehead atoms. The highest BCUT2D eigenvalue weighted by Crippen LogP contribution is 2.28. The molecular formula is C23H28N2O3. The van der Waals surface area contributed by atoms with Gasteiger partial charge in [0.05, 0.1) is 6.42 Å². The Labute approximate surface area is 166 Å². The molecule has 0 spiro atoms. The minimum atomic E-state index is -0.963. The Kier molecular flexibility index (Phi) is 6.82. The summed E-state index contributed by atoms with van der Waals surface area (Å²) < 4.78 is 0. The predicted molar refractivity (Wildman–Crippen MR) is 111 cm³/mol. The Morgan fingerprint density at radius 3 is 2.61 bits per heavy atom. The van der Waals surface area contributed by atoms with Crippen LogP contribution in [0.4, 0.5) is 5.69 Å². The van der Waals surface area contributed by atoms with Crippen LogP contribution in [0.5, 0.6) is 0 Å². The van der Waals surface area contributed by atoms with Crippen LogP contribution in [0, 0.1) is 0 Å². The van der Waals surface area contributed by atoms with Gasteiger partial charge in [0.25, 0.3) is 0 Å². The lowest BCUT2D eigenvalue weighted by Gasteiger charge is -2.22. The number of rotatable bonds is 8. The summed E-state index contributed by atoms with van der Waals surface area (Å²) in [6.45, 7) is 4.43. The molecule has 28 heavy (non-hydrogen) atoms. The molecule has 5 nitrogen and oxygen atoms in total. The lowest BCUT2D eigenvalue weighted by atomic mass is 9.96. The first-order valence-corrected chi connectivity index (χ1v) is 9.97. The minimum Gasteiger partial charge on any atom is -0.481 e. The molecule has 0 aliphatic carbocycles. The standard InChI is InChI=1S/C23H28N2O3/c1-17-6-5-14-25(17)15-13-19-16-20(24-22(26)11-12-23(27)28)9-10-21(19)18-7-3-2-4-8-18/h2-4,7-10,16-17H,5-6,11-15H2,1H3,(H,24,26)(H,27,28). The second-order valence-corrected chi connectivity index (χ2v) is 7.46. The Morgan fingerprint density at radius 1 is 1.14 bits per heavy atom. The number of carboxylic acid groups (broad SMARTS) is 1. The molecule has 1 aliphatic heterocycles. The van der Waals surface area contributed by atoms with E-state index < -0.39 is 5.97 Å². The molecule has 148 valence electrons. The fourth-order valence-corrected chi connectivity index (χ4v) is 3.81. The number of hydrogen-bond acceptors (Lipinski definition) is 3. The van der Waals surface area contributed by atoms with Crippen LogP contribution in [0.3, 0.4) is 0 Å². The average Bonchev–Trinajstić information content (AvgIpc) is 3.10. The van der Waals surface area contributed by atoms with Crippen molar-refractivity contribution in [1.29, 1.82) is 0 Å². The second kappa shape index (κ2) is 9.51. The monoisotopic (exact) mass is 380 g/mol. The predicted octanol–water partition coefficient (Wildman–Crippen LogP) is 4.18. The van der Waals surface area contributed by atoms with E-state index in [2.05, 4.69) is 29.3 Å². The van der Waals surface area contributed by atoms with Crippen molar-refractivity contribution in [3.8, 4) is 11.1 Å². The van der Waals surface area contributed by atoms with E-state index in [-0.39, 0.29) is 18.7 Å². The molecular weight excluding hydrogens is 352 g/mol. The van der Waals surface area contributed by atoms with E-state index in [0.717, 1.165) is 30.8 Å². The molecule has 5 heteroatoms. The molecule has 0 saturated carbocycles. The second-order valence-electron chi connectivity index (χ2n) is 7.46. The van der Waals surface area contributed by atoms with Gasteiger partial charge < -0.3 is 15.3 Å². The number of benzene rings is 2. The van der Waals surface area contributed by atoms with E-state index >= 15 is 0 Å². The molecule has 1 atom stereocenters. The van der Waals surface area contributed by atoms with Crippen molar-refractivity contribution in [2.75, 3.05) is 18.4 Å². The topological polar surface area (TPSA) is 69.6 Å². The third-order valence-corrected chi connectivity index (χ3v) is 5.40. The van der Waals surface area contributed by atoms with Gasteiger partial charge in [0, 0.05) is 24.7 Å². The number of carbonyl (C=O) groups excluding carboxylic acids is 1. The van der Waals surface area contributed by atoms with Crippen LogP contribution in [0.25, 0.3) is 11.1 Å². The fourth-order valence-electron chi connectivity index (χ4n) is 3.81. The first-order chi connectivity index (χ1) is 13.5. The molecule has 1 unspecified atom stereocenters. The molecule has 2 N–H and O–H groups in total. The van der Waals surface area contributed by atoms with Crippen molar-refractivity contribution in [2.24, 2.45) is 0 Å². The molecule has 0 aromatic heterocycles.